The van der Waals surface area contributed by atoms with Crippen LogP contribution in [0.4, 0.5) is 0 Å². The molecule has 0 heterocycles. The maximum atomic E-state index is 8.79. The first-order valence-corrected chi connectivity index (χ1v) is 7.14. The fourth-order valence-corrected chi connectivity index (χ4v) is 3.05. The number of rotatable bonds is 5. The smallest absolute Gasteiger partial charge is 0.170 e. The van der Waals surface area contributed by atoms with Crippen molar-refractivity contribution in [3.05, 3.63) is 29.3 Å². The van der Waals surface area contributed by atoms with Crippen LogP contribution in [0.15, 0.2) is 23.4 Å². The van der Waals surface area contributed by atoms with Crippen molar-refractivity contribution in [1.29, 1.82) is 0 Å². The Labute approximate surface area is 126 Å². The quantitative estimate of drug-likeness (QED) is 0.336. The molecular formula is C16H25N3O2. The van der Waals surface area contributed by atoms with Gasteiger partial charge in [0.2, 0.25) is 0 Å². The zero-order valence-corrected chi connectivity index (χ0v) is 13.4. The molecule has 0 amide bonds. The number of nitrogens with zero attached hydrogens (tertiary/aromatic N) is 1. The fourth-order valence-electron chi connectivity index (χ4n) is 3.05. The Kier molecular flexibility index (Phi) is 3.89. The average Bonchev–Trinajstić information content (AvgIpc) is 2.84. The summed E-state index contributed by atoms with van der Waals surface area (Å²) in [5, 5.41) is 15.4. The minimum Gasteiger partial charge on any atom is -0.496 e. The number of amidine groups is 1. The van der Waals surface area contributed by atoms with E-state index >= 15 is 0 Å². The third kappa shape index (κ3) is 2.58. The largest absolute Gasteiger partial charge is 0.496 e. The lowest BCUT2D eigenvalue weighted by atomic mass is 10.0. The molecule has 2 rings (SSSR count). The van der Waals surface area contributed by atoms with Gasteiger partial charge in [0.05, 0.1) is 7.11 Å². The lowest BCUT2D eigenvalue weighted by Gasteiger charge is -2.12. The van der Waals surface area contributed by atoms with Gasteiger partial charge in [-0.3, -0.25) is 0 Å². The second-order valence-electron chi connectivity index (χ2n) is 6.77. The van der Waals surface area contributed by atoms with Crippen molar-refractivity contribution >= 4 is 5.84 Å². The highest BCUT2D eigenvalue weighted by atomic mass is 16.5. The molecule has 0 spiro atoms. The van der Waals surface area contributed by atoms with Gasteiger partial charge in [0.15, 0.2) is 5.84 Å². The fraction of sp³-hybridized carbons (Fsp3) is 0.562. The molecule has 4 N–H and O–H groups in total. The minimum atomic E-state index is 0.103. The van der Waals surface area contributed by atoms with Crippen molar-refractivity contribution in [2.24, 2.45) is 21.7 Å². The zero-order chi connectivity index (χ0) is 15.8. The van der Waals surface area contributed by atoms with E-state index in [1.165, 1.54) is 0 Å². The third-order valence-electron chi connectivity index (χ3n) is 5.20. The van der Waals surface area contributed by atoms with Crippen LogP contribution in [-0.2, 0) is 6.54 Å². The maximum absolute atomic E-state index is 8.79. The molecule has 0 aliphatic heterocycles. The number of nitrogens with two attached hydrogens (primary N) is 1. The van der Waals surface area contributed by atoms with Crippen molar-refractivity contribution in [3.8, 4) is 5.75 Å². The number of nitrogens with one attached hydrogen (secondary N) is 1. The second-order valence-corrected chi connectivity index (χ2v) is 6.77. The maximum Gasteiger partial charge on any atom is 0.170 e. The summed E-state index contributed by atoms with van der Waals surface area (Å²) < 4.78 is 5.39. The molecule has 0 radical (unpaired) electrons. The van der Waals surface area contributed by atoms with E-state index in [0.29, 0.717) is 18.2 Å². The summed E-state index contributed by atoms with van der Waals surface area (Å²) in [6.07, 6.45) is 0. The predicted molar refractivity (Wildman–Crippen MR) is 83.7 cm³/mol. The molecule has 1 aliphatic rings. The van der Waals surface area contributed by atoms with Crippen LogP contribution in [0.3, 0.4) is 0 Å². The minimum absolute atomic E-state index is 0.103. The molecule has 1 aromatic carbocycles. The summed E-state index contributed by atoms with van der Waals surface area (Å²) in [5.74, 6) is 0.902. The first-order chi connectivity index (χ1) is 9.75. The van der Waals surface area contributed by atoms with E-state index in [1.807, 2.05) is 12.1 Å². The van der Waals surface area contributed by atoms with E-state index in [0.717, 1.165) is 11.3 Å². The first kappa shape index (κ1) is 15.6. The Balaban J connectivity index is 2.16. The van der Waals surface area contributed by atoms with E-state index in [2.05, 4.69) is 38.2 Å². The highest BCUT2D eigenvalue weighted by Gasteiger charge is 2.64. The third-order valence-corrected chi connectivity index (χ3v) is 5.20. The van der Waals surface area contributed by atoms with Gasteiger partial charge in [-0.15, -0.1) is 0 Å². The van der Waals surface area contributed by atoms with Crippen molar-refractivity contribution in [3.63, 3.8) is 0 Å². The normalized spacial score (nSPS) is 20.3. The molecule has 21 heavy (non-hydrogen) atoms. The monoisotopic (exact) mass is 291 g/mol. The number of hydrogen-bond acceptors (Lipinski definition) is 4. The molecule has 1 aromatic rings. The van der Waals surface area contributed by atoms with Gasteiger partial charge >= 0.3 is 0 Å². The van der Waals surface area contributed by atoms with Crippen LogP contribution in [0.5, 0.6) is 5.75 Å². The lowest BCUT2D eigenvalue weighted by Crippen LogP contribution is -2.22. The topological polar surface area (TPSA) is 79.9 Å². The van der Waals surface area contributed by atoms with Crippen LogP contribution in [-0.4, -0.2) is 24.2 Å². The highest BCUT2D eigenvalue weighted by molar-refractivity contribution is 5.97. The van der Waals surface area contributed by atoms with Gasteiger partial charge in [-0.25, -0.2) is 0 Å². The van der Waals surface area contributed by atoms with E-state index in [4.69, 9.17) is 15.7 Å². The Bertz CT molecular complexity index is 551. The molecule has 0 atom stereocenters. The summed E-state index contributed by atoms with van der Waals surface area (Å²) in [5.41, 5.74) is 7.90. The number of methoxy groups -OCH3 is 1. The molecule has 0 saturated heterocycles. The average molecular weight is 291 g/mol. The van der Waals surface area contributed by atoms with Crippen LogP contribution in [0.1, 0.15) is 38.8 Å². The summed E-state index contributed by atoms with van der Waals surface area (Å²) in [6, 6.07) is 5.97. The number of hydrogen-bond donors (Lipinski definition) is 3. The summed E-state index contributed by atoms with van der Waals surface area (Å²) in [4.78, 5) is 0. The predicted octanol–water partition coefficient (Wildman–Crippen LogP) is 2.31. The zero-order valence-electron chi connectivity index (χ0n) is 13.4. The van der Waals surface area contributed by atoms with Crippen LogP contribution >= 0.6 is 0 Å². The second kappa shape index (κ2) is 5.22. The van der Waals surface area contributed by atoms with Crippen LogP contribution in [0.2, 0.25) is 0 Å². The molecular weight excluding hydrogens is 266 g/mol. The molecule has 0 unspecified atom stereocenters. The summed E-state index contributed by atoms with van der Waals surface area (Å²) >= 11 is 0. The van der Waals surface area contributed by atoms with Gasteiger partial charge in [0, 0.05) is 23.7 Å². The lowest BCUT2D eigenvalue weighted by molar-refractivity contribution is 0.318. The Hall–Kier alpha value is -1.75. The van der Waals surface area contributed by atoms with E-state index in [1.54, 1.807) is 13.2 Å². The molecule has 0 aromatic heterocycles. The van der Waals surface area contributed by atoms with Crippen molar-refractivity contribution < 1.29 is 9.94 Å². The van der Waals surface area contributed by atoms with E-state index < -0.39 is 0 Å². The number of ether oxygens (including phenoxy) is 1. The molecule has 5 nitrogen and oxygen atoms in total. The summed E-state index contributed by atoms with van der Waals surface area (Å²) in [6.45, 7) is 9.78. The van der Waals surface area contributed by atoms with Gasteiger partial charge in [0.25, 0.3) is 0 Å². The molecule has 1 aliphatic carbocycles. The van der Waals surface area contributed by atoms with Gasteiger partial charge < -0.3 is 21.0 Å². The van der Waals surface area contributed by atoms with E-state index in [9.17, 15) is 0 Å². The van der Waals surface area contributed by atoms with Crippen molar-refractivity contribution in [2.45, 2.75) is 40.3 Å². The Morgan fingerprint density at radius 1 is 1.33 bits per heavy atom. The highest BCUT2D eigenvalue weighted by Crippen LogP contribution is 2.62. The van der Waals surface area contributed by atoms with Gasteiger partial charge in [-0.1, -0.05) is 32.9 Å². The molecule has 116 valence electrons. The van der Waals surface area contributed by atoms with E-state index in [-0.39, 0.29) is 16.7 Å². The van der Waals surface area contributed by atoms with Crippen molar-refractivity contribution in [1.82, 2.24) is 5.32 Å². The first-order valence-electron chi connectivity index (χ1n) is 7.14. The molecule has 5 heteroatoms. The summed E-state index contributed by atoms with van der Waals surface area (Å²) in [7, 11) is 1.65. The van der Waals surface area contributed by atoms with Crippen LogP contribution in [0, 0.1) is 10.8 Å². The SMILES string of the molecule is COc1ccc(/C(N)=N/O)cc1CNC1C(C)(C)C1(C)C. The molecule has 1 fully saturated rings. The Morgan fingerprint density at radius 3 is 2.43 bits per heavy atom. The number of benzene rings is 1. The number of oxime groups is 1. The van der Waals surface area contributed by atoms with Crippen LogP contribution in [0.25, 0.3) is 0 Å². The molecule has 0 bridgehead atoms. The van der Waals surface area contributed by atoms with Gasteiger partial charge in [0.1, 0.15) is 5.75 Å². The standard InChI is InChI=1S/C16H25N3O2/c1-15(2)14(16(15,3)4)18-9-11-8-10(13(17)19-20)6-7-12(11)21-5/h6-8,14,18,20H,9H2,1-5H3,(H2,17,19). The van der Waals surface area contributed by atoms with Crippen molar-refractivity contribution in [2.75, 3.05) is 7.11 Å². The molecule has 1 saturated carbocycles. The van der Waals surface area contributed by atoms with Gasteiger partial charge in [-0.2, -0.15) is 0 Å². The Morgan fingerprint density at radius 2 is 1.95 bits per heavy atom. The van der Waals surface area contributed by atoms with Gasteiger partial charge in [-0.05, 0) is 29.0 Å². The van der Waals surface area contributed by atoms with Crippen LogP contribution < -0.4 is 15.8 Å².